The largest absolute Gasteiger partial charge is 2.00 e. The summed E-state index contributed by atoms with van der Waals surface area (Å²) in [6.07, 6.45) is 6.97. The predicted octanol–water partition coefficient (Wildman–Crippen LogP) is 3.24. The number of carboxylic acid groups (broad SMARTS) is 12. The van der Waals surface area contributed by atoms with Crippen molar-refractivity contribution in [3.05, 3.63) is 237 Å². The maximum Gasteiger partial charge on any atom is 2.00 e. The van der Waals surface area contributed by atoms with Gasteiger partial charge in [0.1, 0.15) is 23.3 Å². The summed E-state index contributed by atoms with van der Waals surface area (Å²) in [7, 11) is 0. The molecule has 0 aliphatic carbocycles. The summed E-state index contributed by atoms with van der Waals surface area (Å²) >= 11 is 0. The summed E-state index contributed by atoms with van der Waals surface area (Å²) in [4.78, 5) is 143. The zero-order chi connectivity index (χ0) is 64.2. The van der Waals surface area contributed by atoms with E-state index in [9.17, 15) is 67.7 Å². The van der Waals surface area contributed by atoms with Gasteiger partial charge in [-0.2, -0.15) is 0 Å². The van der Waals surface area contributed by atoms with Crippen LogP contribution in [0.25, 0.3) is 0 Å². The van der Waals surface area contributed by atoms with Gasteiger partial charge in [-0.1, -0.05) is 24.3 Å². The number of nitrogens with one attached hydrogen (secondary N) is 2. The molecule has 16 N–H and O–H groups in total. The van der Waals surface area contributed by atoms with Crippen molar-refractivity contribution in [1.82, 2.24) is 19.9 Å². The van der Waals surface area contributed by atoms with Gasteiger partial charge in [0.25, 0.3) is 0 Å². The second-order valence-electron chi connectivity index (χ2n) is 15.9. The van der Waals surface area contributed by atoms with Crippen LogP contribution in [0.2, 0.25) is 0 Å². The van der Waals surface area contributed by atoms with Crippen LogP contribution in [-0.4, -0.2) is 154 Å². The third kappa shape index (κ3) is 26.6. The van der Waals surface area contributed by atoms with Gasteiger partial charge < -0.3 is 92.5 Å². The maximum absolute atomic E-state index is 10.6. The van der Waals surface area contributed by atoms with Gasteiger partial charge in [0, 0.05) is 24.8 Å². The van der Waals surface area contributed by atoms with Crippen LogP contribution in [-0.2, 0) is 20.4 Å². The van der Waals surface area contributed by atoms with Crippen molar-refractivity contribution >= 4 is 94.9 Å². The number of aromatic carboxylic acids is 12. The van der Waals surface area contributed by atoms with Crippen molar-refractivity contribution in [2.45, 2.75) is 0 Å². The first kappa shape index (κ1) is 76.3. The average molecular weight is 1320 g/mol. The Morgan fingerprint density at radius 2 is 0.393 bits per heavy atom. The Morgan fingerprint density at radius 1 is 0.258 bits per heavy atom. The molecule has 0 saturated heterocycles. The zero-order valence-corrected chi connectivity index (χ0v) is 46.0. The number of carbonyl (C=O) groups excluding carboxylic acids is 2. The molecule has 0 spiro atoms. The van der Waals surface area contributed by atoms with Gasteiger partial charge in [0.2, 0.25) is 0 Å². The number of rotatable bonds is 16. The molecule has 0 atom stereocenters. The van der Waals surface area contributed by atoms with Crippen LogP contribution >= 0.6 is 0 Å². The fourth-order valence-corrected chi connectivity index (χ4v) is 5.99. The standard InChI is InChI=1S/2C10H9N3.4C9H6O6.2H2O.Pd/c2*1-3-7-11-9(5-1)13-10-6-2-4-8-12-10;4*10-7(11)4-1-5(8(12)13)3-6(2-4)9(14)15;;;/h2*1-8H,(H,11,12,13);4*1-3H,(H,10,11)(H,12,13)(H,14,15);2*1H2;/q;;;;;;;;+2/p-2. The molecule has 8 rings (SSSR count). The van der Waals surface area contributed by atoms with Gasteiger partial charge in [0.05, 0.1) is 67.6 Å². The van der Waals surface area contributed by atoms with Gasteiger partial charge in [-0.05, 0) is 132 Å². The Balaban J connectivity index is 0.00000104. The van der Waals surface area contributed by atoms with Gasteiger partial charge in [0.15, 0.2) is 0 Å². The first-order chi connectivity index (χ1) is 40.6. The molecular weight excluding hydrogens is 1280 g/mol. The number of pyridine rings is 4. The second kappa shape index (κ2) is 37.5. The molecule has 0 fully saturated rings. The van der Waals surface area contributed by atoms with Gasteiger partial charge in [-0.3, -0.25) is 0 Å². The van der Waals surface area contributed by atoms with Crippen LogP contribution in [0.15, 0.2) is 170 Å². The molecule has 0 saturated carbocycles. The second-order valence-corrected chi connectivity index (χ2v) is 15.9. The molecule has 4 aromatic carbocycles. The number of carbonyl (C=O) groups is 12. The van der Waals surface area contributed by atoms with Gasteiger partial charge in [-0.15, -0.1) is 0 Å². The smallest absolute Gasteiger partial charge is 0.545 e. The summed E-state index contributed by atoms with van der Waals surface area (Å²) in [6.45, 7) is 0. The minimum absolute atomic E-state index is 0. The summed E-state index contributed by atoms with van der Waals surface area (Å²) in [5, 5.41) is 113. The Bertz CT molecular complexity index is 3010. The number of carboxylic acids is 12. The minimum Gasteiger partial charge on any atom is -0.545 e. The molecule has 0 unspecified atom stereocenters. The molecule has 4 heterocycles. The fraction of sp³-hybridized carbons (Fsp3) is 0. The third-order valence-electron chi connectivity index (χ3n) is 9.84. The molecule has 33 heteroatoms. The Hall–Kier alpha value is -12.7. The number of aromatic nitrogens is 4. The normalized spacial score (nSPS) is 9.26. The van der Waals surface area contributed by atoms with Gasteiger partial charge in [-0.25, -0.2) is 67.9 Å². The van der Waals surface area contributed by atoms with Crippen molar-refractivity contribution in [3.8, 4) is 0 Å². The number of hydrogen-bond acceptors (Lipinski definition) is 20. The molecule has 0 aliphatic heterocycles. The molecule has 8 aromatic rings. The summed E-state index contributed by atoms with van der Waals surface area (Å²) < 4.78 is 0. The SMILES string of the molecule is O.O.O=C(O)c1cc(C(=O)O)cc(C(=O)O)c1.O=C(O)c1cc(C(=O)O)cc(C(=O)O)c1.O=C([O-])c1cc(C(=O)O)cc(C(=O)O)c1.O=C([O-])c1cc(C(=O)O)cc(C(=O)O)c1.[Pd+2].c1ccc(Nc2ccccn2)nc1.c1ccc(Nc2ccccn2)nc1. The molecule has 4 aromatic heterocycles. The molecule has 0 amide bonds. The summed E-state index contributed by atoms with van der Waals surface area (Å²) in [5.74, 6) is -13.9. The van der Waals surface area contributed by atoms with E-state index in [0.717, 1.165) is 96.1 Å². The Labute approximate surface area is 510 Å². The van der Waals surface area contributed by atoms with E-state index in [-0.39, 0.29) is 64.8 Å². The molecule has 0 aliphatic rings. The summed E-state index contributed by atoms with van der Waals surface area (Å²) in [6, 6.07) is 33.3. The van der Waals surface area contributed by atoms with E-state index in [4.69, 9.17) is 51.1 Å². The van der Waals surface area contributed by atoms with E-state index in [1.54, 1.807) is 24.8 Å². The molecule has 32 nitrogen and oxygen atoms in total. The number of benzene rings is 4. The fourth-order valence-electron chi connectivity index (χ4n) is 5.99. The van der Waals surface area contributed by atoms with E-state index in [1.807, 2.05) is 72.8 Å². The quantitative estimate of drug-likeness (QED) is 0.0618. The van der Waals surface area contributed by atoms with Crippen LogP contribution in [0.5, 0.6) is 0 Å². The van der Waals surface area contributed by atoms with Crippen molar-refractivity contribution in [2.24, 2.45) is 0 Å². The molecular formula is C56H44N6O26Pd. The van der Waals surface area contributed by atoms with Crippen molar-refractivity contribution in [2.75, 3.05) is 10.6 Å². The number of hydrogen-bond donors (Lipinski definition) is 12. The third-order valence-corrected chi connectivity index (χ3v) is 9.84. The molecule has 464 valence electrons. The van der Waals surface area contributed by atoms with E-state index in [2.05, 4.69) is 30.6 Å². The maximum atomic E-state index is 10.6. The minimum atomic E-state index is -1.62. The van der Waals surface area contributed by atoms with Crippen LogP contribution in [0.3, 0.4) is 0 Å². The number of anilines is 4. The van der Waals surface area contributed by atoms with Gasteiger partial charge >= 0.3 is 80.1 Å². The van der Waals surface area contributed by atoms with Crippen LogP contribution in [0, 0.1) is 0 Å². The van der Waals surface area contributed by atoms with Crippen LogP contribution in [0.4, 0.5) is 23.3 Å². The zero-order valence-electron chi connectivity index (χ0n) is 44.5. The topological polar surface area (TPSA) is 592 Å². The van der Waals surface area contributed by atoms with E-state index < -0.39 is 105 Å². The Morgan fingerprint density at radius 3 is 0.494 bits per heavy atom. The van der Waals surface area contributed by atoms with E-state index in [0.29, 0.717) is 0 Å². The molecule has 0 radical (unpaired) electrons. The average Bonchev–Trinajstić information content (AvgIpc) is 3.48. The van der Waals surface area contributed by atoms with Crippen molar-refractivity contribution in [1.29, 1.82) is 0 Å². The molecule has 89 heavy (non-hydrogen) atoms. The molecule has 0 bridgehead atoms. The van der Waals surface area contributed by atoms with Crippen molar-refractivity contribution in [3.63, 3.8) is 0 Å². The van der Waals surface area contributed by atoms with E-state index >= 15 is 0 Å². The monoisotopic (exact) mass is 1320 g/mol. The summed E-state index contributed by atoms with van der Waals surface area (Å²) in [5.41, 5.74) is -4.80. The number of nitrogens with zero attached hydrogens (tertiary/aromatic N) is 4. The van der Waals surface area contributed by atoms with Crippen LogP contribution < -0.4 is 20.8 Å². The van der Waals surface area contributed by atoms with Crippen LogP contribution in [0.1, 0.15) is 124 Å². The first-order valence-electron chi connectivity index (χ1n) is 23.1. The van der Waals surface area contributed by atoms with E-state index in [1.165, 1.54) is 0 Å². The predicted molar refractivity (Wildman–Crippen MR) is 295 cm³/mol. The first-order valence-corrected chi connectivity index (χ1v) is 23.1. The Kier molecular flexibility index (Phi) is 32.1. The van der Waals surface area contributed by atoms with Crippen molar-refractivity contribution < 1.29 is 150 Å².